The van der Waals surface area contributed by atoms with E-state index in [1.165, 1.54) is 12.1 Å². The molecular weight excluding hydrogens is 306 g/mol. The minimum Gasteiger partial charge on any atom is -0.478 e. The molecule has 1 aromatic carbocycles. The average molecular weight is 323 g/mol. The highest BCUT2D eigenvalue weighted by Crippen LogP contribution is 2.22. The lowest BCUT2D eigenvalue weighted by molar-refractivity contribution is 0.0696. The molecule has 1 amide bonds. The van der Waals surface area contributed by atoms with E-state index in [-0.39, 0.29) is 11.5 Å². The molecule has 0 saturated heterocycles. The molecule has 0 bridgehead atoms. The van der Waals surface area contributed by atoms with Gasteiger partial charge in [-0.05, 0) is 49.7 Å². The third kappa shape index (κ3) is 2.99. The number of nitrogens with zero attached hydrogens (tertiary/aromatic N) is 1. The Bertz CT molecular complexity index is 878. The van der Waals surface area contributed by atoms with Crippen molar-refractivity contribution < 1.29 is 14.7 Å². The zero-order valence-corrected chi connectivity index (χ0v) is 13.3. The molecule has 0 aliphatic rings. The van der Waals surface area contributed by atoms with Crippen LogP contribution in [-0.2, 0) is 5.54 Å². The lowest BCUT2D eigenvalue weighted by atomic mass is 9.93. The van der Waals surface area contributed by atoms with Crippen LogP contribution in [0.1, 0.15) is 40.3 Å². The monoisotopic (exact) mass is 323 g/mol. The number of benzene rings is 1. The highest BCUT2D eigenvalue weighted by Gasteiger charge is 2.24. The minimum atomic E-state index is -0.978. The first kappa shape index (κ1) is 15.7. The molecule has 6 heteroatoms. The Morgan fingerprint density at radius 3 is 2.50 bits per heavy atom. The summed E-state index contributed by atoms with van der Waals surface area (Å²) < 4.78 is 0. The Balaban J connectivity index is 1.82. The van der Waals surface area contributed by atoms with Gasteiger partial charge >= 0.3 is 5.97 Å². The van der Waals surface area contributed by atoms with Crippen LogP contribution in [-0.4, -0.2) is 27.0 Å². The second-order valence-corrected chi connectivity index (χ2v) is 6.08. The first-order valence-corrected chi connectivity index (χ1v) is 7.47. The molecule has 2 heterocycles. The fourth-order valence-electron chi connectivity index (χ4n) is 2.53. The number of aromatic amines is 1. The number of H-pyrrole nitrogens is 1. The van der Waals surface area contributed by atoms with Gasteiger partial charge in [-0.1, -0.05) is 12.1 Å². The van der Waals surface area contributed by atoms with Gasteiger partial charge in [-0.3, -0.25) is 9.78 Å². The maximum absolute atomic E-state index is 12.5. The van der Waals surface area contributed by atoms with Crippen molar-refractivity contribution >= 4 is 22.9 Å². The Kier molecular flexibility index (Phi) is 3.81. The average Bonchev–Trinajstić information content (AvgIpc) is 2.99. The van der Waals surface area contributed by atoms with Crippen LogP contribution in [0.4, 0.5) is 0 Å². The van der Waals surface area contributed by atoms with Crippen molar-refractivity contribution in [2.24, 2.45) is 0 Å². The number of carboxylic acids is 1. The zero-order valence-electron chi connectivity index (χ0n) is 13.3. The van der Waals surface area contributed by atoms with Crippen LogP contribution in [0.2, 0.25) is 0 Å². The summed E-state index contributed by atoms with van der Waals surface area (Å²) >= 11 is 0. The predicted molar refractivity (Wildman–Crippen MR) is 90.0 cm³/mol. The summed E-state index contributed by atoms with van der Waals surface area (Å²) in [5.41, 5.74) is 2.33. The van der Waals surface area contributed by atoms with Gasteiger partial charge in [-0.15, -0.1) is 0 Å². The molecule has 0 aliphatic heterocycles. The van der Waals surface area contributed by atoms with Crippen molar-refractivity contribution in [3.63, 3.8) is 0 Å². The van der Waals surface area contributed by atoms with Gasteiger partial charge in [0.2, 0.25) is 0 Å². The summed E-state index contributed by atoms with van der Waals surface area (Å²) in [6, 6.07) is 11.8. The molecule has 0 saturated carbocycles. The van der Waals surface area contributed by atoms with Gasteiger partial charge < -0.3 is 15.4 Å². The lowest BCUT2D eigenvalue weighted by Gasteiger charge is -2.26. The topological polar surface area (TPSA) is 95.1 Å². The number of carbonyl (C=O) groups excluding carboxylic acids is 1. The predicted octanol–water partition coefficient (Wildman–Crippen LogP) is 2.93. The molecule has 0 radical (unpaired) electrons. The van der Waals surface area contributed by atoms with E-state index in [2.05, 4.69) is 15.3 Å². The summed E-state index contributed by atoms with van der Waals surface area (Å²) in [7, 11) is 0. The minimum absolute atomic E-state index is 0.211. The number of aromatic nitrogens is 2. The van der Waals surface area contributed by atoms with Crippen molar-refractivity contribution in [2.45, 2.75) is 19.4 Å². The van der Waals surface area contributed by atoms with Gasteiger partial charge in [0, 0.05) is 6.20 Å². The van der Waals surface area contributed by atoms with Crippen LogP contribution in [0.3, 0.4) is 0 Å². The first-order chi connectivity index (χ1) is 11.4. The van der Waals surface area contributed by atoms with Crippen LogP contribution in [0.25, 0.3) is 11.0 Å². The largest absolute Gasteiger partial charge is 0.478 e. The summed E-state index contributed by atoms with van der Waals surface area (Å²) in [5, 5.41) is 11.9. The van der Waals surface area contributed by atoms with E-state index < -0.39 is 11.5 Å². The quantitative estimate of drug-likeness (QED) is 0.688. The number of amides is 1. The van der Waals surface area contributed by atoms with E-state index in [0.29, 0.717) is 5.69 Å². The molecule has 0 spiro atoms. The SMILES string of the molecule is CC(C)(NC(=O)c1cc2ncccc2[nH]1)c1ccc(C(=O)O)cc1. The zero-order chi connectivity index (χ0) is 17.3. The van der Waals surface area contributed by atoms with Gasteiger partial charge in [0.1, 0.15) is 5.69 Å². The van der Waals surface area contributed by atoms with E-state index in [0.717, 1.165) is 16.6 Å². The molecule has 0 unspecified atom stereocenters. The van der Waals surface area contributed by atoms with E-state index in [4.69, 9.17) is 5.11 Å². The molecule has 24 heavy (non-hydrogen) atoms. The molecule has 0 fully saturated rings. The second kappa shape index (κ2) is 5.81. The number of pyridine rings is 1. The van der Waals surface area contributed by atoms with Crippen LogP contribution in [0.15, 0.2) is 48.7 Å². The number of hydrogen-bond acceptors (Lipinski definition) is 3. The summed E-state index contributed by atoms with van der Waals surface area (Å²) in [6.07, 6.45) is 1.67. The lowest BCUT2D eigenvalue weighted by Crippen LogP contribution is -2.41. The Morgan fingerprint density at radius 1 is 1.17 bits per heavy atom. The fourth-order valence-corrected chi connectivity index (χ4v) is 2.53. The van der Waals surface area contributed by atoms with Crippen LogP contribution in [0, 0.1) is 0 Å². The van der Waals surface area contributed by atoms with Crippen LogP contribution < -0.4 is 5.32 Å². The number of fused-ring (bicyclic) bond motifs is 1. The van der Waals surface area contributed by atoms with Crippen LogP contribution >= 0.6 is 0 Å². The van der Waals surface area contributed by atoms with Crippen molar-refractivity contribution in [1.29, 1.82) is 0 Å². The van der Waals surface area contributed by atoms with E-state index in [1.807, 2.05) is 19.9 Å². The van der Waals surface area contributed by atoms with Gasteiger partial charge in [0.05, 0.1) is 22.1 Å². The number of carboxylic acid groups (broad SMARTS) is 1. The fraction of sp³-hybridized carbons (Fsp3) is 0.167. The molecule has 3 N–H and O–H groups in total. The van der Waals surface area contributed by atoms with Gasteiger partial charge in [0.25, 0.3) is 5.91 Å². The smallest absolute Gasteiger partial charge is 0.335 e. The van der Waals surface area contributed by atoms with Gasteiger partial charge in [-0.25, -0.2) is 4.79 Å². The highest BCUT2D eigenvalue weighted by molar-refractivity contribution is 5.97. The number of nitrogens with one attached hydrogen (secondary N) is 2. The normalized spacial score (nSPS) is 11.4. The summed E-state index contributed by atoms with van der Waals surface area (Å²) in [5.74, 6) is -1.23. The Morgan fingerprint density at radius 2 is 1.88 bits per heavy atom. The highest BCUT2D eigenvalue weighted by atomic mass is 16.4. The Labute approximate surface area is 138 Å². The maximum Gasteiger partial charge on any atom is 0.335 e. The molecule has 6 nitrogen and oxygen atoms in total. The second-order valence-electron chi connectivity index (χ2n) is 6.08. The Hall–Kier alpha value is -3.15. The number of carbonyl (C=O) groups is 2. The number of rotatable bonds is 4. The van der Waals surface area contributed by atoms with Gasteiger partial charge in [-0.2, -0.15) is 0 Å². The van der Waals surface area contributed by atoms with Crippen molar-refractivity contribution in [1.82, 2.24) is 15.3 Å². The standard InChI is InChI=1S/C18H17N3O3/c1-18(2,12-7-5-11(6-8-12)17(23)24)21-16(22)15-10-14-13(20-15)4-3-9-19-14/h3-10,20H,1-2H3,(H,21,22)(H,23,24). The number of hydrogen-bond donors (Lipinski definition) is 3. The third-order valence-electron chi connectivity index (χ3n) is 3.91. The molecule has 2 aromatic heterocycles. The molecule has 122 valence electrons. The van der Waals surface area contributed by atoms with Crippen molar-refractivity contribution in [3.8, 4) is 0 Å². The molecule has 0 aliphatic carbocycles. The summed E-state index contributed by atoms with van der Waals surface area (Å²) in [4.78, 5) is 30.7. The van der Waals surface area contributed by atoms with Crippen molar-refractivity contribution in [2.75, 3.05) is 0 Å². The number of aromatic carboxylic acids is 1. The molecule has 3 aromatic rings. The third-order valence-corrected chi connectivity index (χ3v) is 3.91. The maximum atomic E-state index is 12.5. The molecule has 3 rings (SSSR count). The molecular formula is C18H17N3O3. The van der Waals surface area contributed by atoms with Gasteiger partial charge in [0.15, 0.2) is 0 Å². The van der Waals surface area contributed by atoms with Crippen molar-refractivity contribution in [3.05, 3.63) is 65.5 Å². The van der Waals surface area contributed by atoms with E-state index in [1.54, 1.807) is 30.5 Å². The first-order valence-electron chi connectivity index (χ1n) is 7.47. The van der Waals surface area contributed by atoms with Crippen LogP contribution in [0.5, 0.6) is 0 Å². The molecule has 0 atom stereocenters. The van der Waals surface area contributed by atoms with E-state index >= 15 is 0 Å². The van der Waals surface area contributed by atoms with E-state index in [9.17, 15) is 9.59 Å². The summed E-state index contributed by atoms with van der Waals surface area (Å²) in [6.45, 7) is 3.73.